The minimum atomic E-state index is -0.317. The van der Waals surface area contributed by atoms with Gasteiger partial charge in [0.1, 0.15) is 6.10 Å². The van der Waals surface area contributed by atoms with Gasteiger partial charge in [-0.3, -0.25) is 9.59 Å². The Hall–Kier alpha value is -1.38. The van der Waals surface area contributed by atoms with Gasteiger partial charge in [-0.15, -0.1) is 0 Å². The quantitative estimate of drug-likeness (QED) is 0.515. The molecule has 0 spiro atoms. The van der Waals surface area contributed by atoms with Crippen LogP contribution in [0, 0.1) is 5.92 Å². The first-order valence-corrected chi connectivity index (χ1v) is 5.09. The summed E-state index contributed by atoms with van der Waals surface area (Å²) >= 11 is 0. The zero-order chi connectivity index (χ0) is 11.4. The fourth-order valence-corrected chi connectivity index (χ4v) is 1.53. The van der Waals surface area contributed by atoms with Gasteiger partial charge in [0, 0.05) is 13.3 Å². The lowest BCUT2D eigenvalue weighted by Crippen LogP contribution is -2.21. The molecule has 1 aliphatic carbocycles. The molecule has 0 saturated carbocycles. The van der Waals surface area contributed by atoms with E-state index in [1.807, 2.05) is 19.9 Å². The number of hydrogen-bond acceptors (Lipinski definition) is 3. The minimum absolute atomic E-state index is 0.0205. The lowest BCUT2D eigenvalue weighted by Gasteiger charge is -2.18. The van der Waals surface area contributed by atoms with Crippen LogP contribution in [0.3, 0.4) is 0 Å². The van der Waals surface area contributed by atoms with Crippen molar-refractivity contribution in [3.8, 4) is 0 Å². The van der Waals surface area contributed by atoms with Crippen molar-refractivity contribution in [1.82, 2.24) is 0 Å². The monoisotopic (exact) mass is 208 g/mol. The van der Waals surface area contributed by atoms with Crippen LogP contribution in [0.2, 0.25) is 0 Å². The Bertz CT molecular complexity index is 324. The third-order valence-corrected chi connectivity index (χ3v) is 2.05. The zero-order valence-electron chi connectivity index (χ0n) is 9.32. The lowest BCUT2D eigenvalue weighted by molar-refractivity contribution is -0.144. The van der Waals surface area contributed by atoms with E-state index < -0.39 is 0 Å². The molecule has 0 fully saturated rings. The van der Waals surface area contributed by atoms with Crippen molar-refractivity contribution in [2.75, 3.05) is 0 Å². The molecule has 0 aromatic rings. The second-order valence-corrected chi connectivity index (χ2v) is 4.01. The SMILES string of the molecule is CC(=O)OC1C=CC(=O)/C(=C/C(C)C)C1. The van der Waals surface area contributed by atoms with Gasteiger partial charge in [-0.2, -0.15) is 0 Å². The molecule has 0 aromatic heterocycles. The van der Waals surface area contributed by atoms with Crippen LogP contribution >= 0.6 is 0 Å². The highest BCUT2D eigenvalue weighted by molar-refractivity contribution is 6.05. The molecule has 15 heavy (non-hydrogen) atoms. The second-order valence-electron chi connectivity index (χ2n) is 4.01. The number of ketones is 1. The molecule has 0 N–H and O–H groups in total. The van der Waals surface area contributed by atoms with Crippen LogP contribution in [0.15, 0.2) is 23.8 Å². The van der Waals surface area contributed by atoms with E-state index in [-0.39, 0.29) is 17.9 Å². The van der Waals surface area contributed by atoms with Gasteiger partial charge in [0.05, 0.1) is 0 Å². The van der Waals surface area contributed by atoms with Crippen molar-refractivity contribution < 1.29 is 14.3 Å². The van der Waals surface area contributed by atoms with Gasteiger partial charge in [-0.05, 0) is 23.6 Å². The Morgan fingerprint density at radius 1 is 1.60 bits per heavy atom. The highest BCUT2D eigenvalue weighted by atomic mass is 16.5. The number of allylic oxidation sites excluding steroid dienone is 2. The molecule has 1 aliphatic rings. The van der Waals surface area contributed by atoms with Crippen LogP contribution < -0.4 is 0 Å². The molecular weight excluding hydrogens is 192 g/mol. The van der Waals surface area contributed by atoms with Crippen molar-refractivity contribution in [2.45, 2.75) is 33.3 Å². The molecule has 0 amide bonds. The molecule has 0 heterocycles. The van der Waals surface area contributed by atoms with Gasteiger partial charge in [0.2, 0.25) is 0 Å². The Kier molecular flexibility index (Phi) is 3.83. The topological polar surface area (TPSA) is 43.4 Å². The van der Waals surface area contributed by atoms with Crippen LogP contribution in [0.1, 0.15) is 27.2 Å². The molecule has 3 nitrogen and oxygen atoms in total. The van der Waals surface area contributed by atoms with E-state index in [0.29, 0.717) is 12.3 Å². The lowest BCUT2D eigenvalue weighted by atomic mass is 9.94. The van der Waals surface area contributed by atoms with Gasteiger partial charge < -0.3 is 4.74 Å². The van der Waals surface area contributed by atoms with E-state index in [2.05, 4.69) is 0 Å². The van der Waals surface area contributed by atoms with Crippen molar-refractivity contribution in [2.24, 2.45) is 5.92 Å². The molecule has 1 rings (SSSR count). The molecule has 0 aliphatic heterocycles. The van der Waals surface area contributed by atoms with Crippen LogP contribution in [0.5, 0.6) is 0 Å². The van der Waals surface area contributed by atoms with Crippen LogP contribution in [-0.2, 0) is 14.3 Å². The normalized spacial score (nSPS) is 23.6. The number of hydrogen-bond donors (Lipinski definition) is 0. The molecule has 0 saturated heterocycles. The predicted octanol–water partition coefficient (Wildman–Crippen LogP) is 2.03. The van der Waals surface area contributed by atoms with Crippen molar-refractivity contribution in [1.29, 1.82) is 0 Å². The third kappa shape index (κ3) is 3.70. The summed E-state index contributed by atoms with van der Waals surface area (Å²) < 4.78 is 5.03. The molecule has 1 atom stereocenters. The molecule has 1 unspecified atom stereocenters. The smallest absolute Gasteiger partial charge is 0.303 e. The maximum atomic E-state index is 11.5. The number of rotatable bonds is 2. The Morgan fingerprint density at radius 2 is 2.27 bits per heavy atom. The van der Waals surface area contributed by atoms with E-state index in [4.69, 9.17) is 4.74 Å². The van der Waals surface area contributed by atoms with Gasteiger partial charge in [0.25, 0.3) is 0 Å². The highest BCUT2D eigenvalue weighted by Gasteiger charge is 2.20. The largest absolute Gasteiger partial charge is 0.458 e. The second kappa shape index (κ2) is 4.91. The third-order valence-electron chi connectivity index (χ3n) is 2.05. The maximum absolute atomic E-state index is 11.5. The first-order valence-electron chi connectivity index (χ1n) is 5.09. The molecular formula is C12H16O3. The summed E-state index contributed by atoms with van der Waals surface area (Å²) in [4.78, 5) is 22.2. The van der Waals surface area contributed by atoms with E-state index in [9.17, 15) is 9.59 Å². The highest BCUT2D eigenvalue weighted by Crippen LogP contribution is 2.19. The summed E-state index contributed by atoms with van der Waals surface area (Å²) in [6, 6.07) is 0. The summed E-state index contributed by atoms with van der Waals surface area (Å²) in [5.41, 5.74) is 0.735. The Balaban J connectivity index is 2.74. The summed E-state index contributed by atoms with van der Waals surface area (Å²) in [5, 5.41) is 0. The molecule has 82 valence electrons. The van der Waals surface area contributed by atoms with Gasteiger partial charge in [0.15, 0.2) is 5.78 Å². The predicted molar refractivity (Wildman–Crippen MR) is 57.2 cm³/mol. The minimum Gasteiger partial charge on any atom is -0.458 e. The fourth-order valence-electron chi connectivity index (χ4n) is 1.53. The van der Waals surface area contributed by atoms with Crippen LogP contribution in [0.25, 0.3) is 0 Å². The van der Waals surface area contributed by atoms with Crippen molar-refractivity contribution >= 4 is 11.8 Å². The summed E-state index contributed by atoms with van der Waals surface area (Å²) in [6.07, 6.45) is 5.24. The first kappa shape index (κ1) is 11.7. The van der Waals surface area contributed by atoms with E-state index in [0.717, 1.165) is 5.57 Å². The fraction of sp³-hybridized carbons (Fsp3) is 0.500. The molecule has 0 radical (unpaired) electrons. The van der Waals surface area contributed by atoms with Crippen LogP contribution in [-0.4, -0.2) is 17.9 Å². The zero-order valence-corrected chi connectivity index (χ0v) is 9.32. The van der Waals surface area contributed by atoms with Crippen LogP contribution in [0.4, 0.5) is 0 Å². The van der Waals surface area contributed by atoms with Gasteiger partial charge in [-0.25, -0.2) is 0 Å². The van der Waals surface area contributed by atoms with Gasteiger partial charge >= 0.3 is 5.97 Å². The Labute approximate surface area is 89.8 Å². The summed E-state index contributed by atoms with van der Waals surface area (Å²) in [7, 11) is 0. The number of carbonyl (C=O) groups is 2. The van der Waals surface area contributed by atoms with Crippen molar-refractivity contribution in [3.05, 3.63) is 23.8 Å². The van der Waals surface area contributed by atoms with E-state index in [1.165, 1.54) is 13.0 Å². The summed E-state index contributed by atoms with van der Waals surface area (Å²) in [5.74, 6) is 0.0310. The molecule has 0 bridgehead atoms. The van der Waals surface area contributed by atoms with E-state index >= 15 is 0 Å². The average Bonchev–Trinajstić information content (AvgIpc) is 2.09. The first-order chi connectivity index (χ1) is 6.99. The van der Waals surface area contributed by atoms with Gasteiger partial charge in [-0.1, -0.05) is 19.9 Å². The number of carbonyl (C=O) groups excluding carboxylic acids is 2. The molecule has 0 aromatic carbocycles. The van der Waals surface area contributed by atoms with E-state index in [1.54, 1.807) is 6.08 Å². The Morgan fingerprint density at radius 3 is 2.80 bits per heavy atom. The number of esters is 1. The standard InChI is InChI=1S/C12H16O3/c1-8(2)6-10-7-11(15-9(3)13)4-5-12(10)14/h4-6,8,11H,7H2,1-3H3/b10-6+. The molecule has 3 heteroatoms. The maximum Gasteiger partial charge on any atom is 0.303 e. The average molecular weight is 208 g/mol. The number of ether oxygens (including phenoxy) is 1. The summed E-state index contributed by atoms with van der Waals surface area (Å²) in [6.45, 7) is 5.40. The van der Waals surface area contributed by atoms with Crippen molar-refractivity contribution in [3.63, 3.8) is 0 Å².